The fraction of sp³-hybridized carbons (Fsp3) is 0.500. The third kappa shape index (κ3) is 5.72. The number of sulfonamides is 1. The van der Waals surface area contributed by atoms with Crippen LogP contribution in [0.3, 0.4) is 0 Å². The SMILES string of the molecule is CC(C)=CCN1CCN(S(=O)(=O)c2ccc(OC(F)(F)F)cc2)CC1. The summed E-state index contributed by atoms with van der Waals surface area (Å²) in [6.07, 6.45) is -2.72. The molecule has 0 N–H and O–H groups in total. The number of nitrogens with zero attached hydrogens (tertiary/aromatic N) is 2. The van der Waals surface area contributed by atoms with E-state index in [1.54, 1.807) is 0 Å². The van der Waals surface area contributed by atoms with Gasteiger partial charge >= 0.3 is 6.36 Å². The Morgan fingerprint density at radius 1 is 1.12 bits per heavy atom. The number of halogens is 3. The maximum Gasteiger partial charge on any atom is 0.573 e. The van der Waals surface area contributed by atoms with E-state index in [0.29, 0.717) is 26.2 Å². The minimum absolute atomic E-state index is 0.0419. The lowest BCUT2D eigenvalue weighted by Crippen LogP contribution is -2.48. The van der Waals surface area contributed by atoms with Gasteiger partial charge in [-0.2, -0.15) is 4.31 Å². The number of piperazine rings is 1. The van der Waals surface area contributed by atoms with Gasteiger partial charge < -0.3 is 4.74 Å². The van der Waals surface area contributed by atoms with E-state index in [1.807, 2.05) is 13.8 Å². The van der Waals surface area contributed by atoms with Gasteiger partial charge in [-0.05, 0) is 38.1 Å². The maximum atomic E-state index is 12.6. The molecule has 0 radical (unpaired) electrons. The van der Waals surface area contributed by atoms with Crippen LogP contribution in [0.1, 0.15) is 13.8 Å². The van der Waals surface area contributed by atoms with Crippen LogP contribution >= 0.6 is 0 Å². The monoisotopic (exact) mass is 378 g/mol. The lowest BCUT2D eigenvalue weighted by molar-refractivity contribution is -0.274. The smallest absolute Gasteiger partial charge is 0.406 e. The lowest BCUT2D eigenvalue weighted by atomic mass is 10.3. The van der Waals surface area contributed by atoms with Crippen LogP contribution in [0.2, 0.25) is 0 Å². The van der Waals surface area contributed by atoms with E-state index < -0.39 is 22.1 Å². The Morgan fingerprint density at radius 2 is 1.68 bits per heavy atom. The van der Waals surface area contributed by atoms with Crippen LogP contribution < -0.4 is 4.74 Å². The first kappa shape index (κ1) is 19.7. The molecule has 0 aliphatic carbocycles. The largest absolute Gasteiger partial charge is 0.573 e. The predicted molar refractivity (Wildman–Crippen MR) is 87.8 cm³/mol. The van der Waals surface area contributed by atoms with Gasteiger partial charge in [0.1, 0.15) is 5.75 Å². The molecule has 5 nitrogen and oxygen atoms in total. The molecule has 0 bridgehead atoms. The molecule has 1 saturated heterocycles. The first-order chi connectivity index (χ1) is 11.6. The van der Waals surface area contributed by atoms with Crippen molar-refractivity contribution in [3.63, 3.8) is 0 Å². The molecule has 0 aromatic heterocycles. The Kier molecular flexibility index (Phi) is 6.12. The first-order valence-electron chi connectivity index (χ1n) is 7.79. The highest BCUT2D eigenvalue weighted by Gasteiger charge is 2.32. The molecule has 0 amide bonds. The summed E-state index contributed by atoms with van der Waals surface area (Å²) in [6, 6.07) is 4.27. The zero-order valence-electron chi connectivity index (χ0n) is 14.1. The molecule has 1 aliphatic heterocycles. The molecule has 1 aromatic carbocycles. The number of rotatable bonds is 5. The molecule has 0 saturated carbocycles. The van der Waals surface area contributed by atoms with Crippen LogP contribution in [-0.2, 0) is 10.0 Å². The number of hydrogen-bond donors (Lipinski definition) is 0. The second-order valence-electron chi connectivity index (χ2n) is 6.01. The van der Waals surface area contributed by atoms with Gasteiger partial charge in [-0.25, -0.2) is 8.42 Å². The van der Waals surface area contributed by atoms with Crippen molar-refractivity contribution >= 4 is 10.0 Å². The number of benzene rings is 1. The van der Waals surface area contributed by atoms with E-state index in [1.165, 1.54) is 9.88 Å². The lowest BCUT2D eigenvalue weighted by Gasteiger charge is -2.33. The summed E-state index contributed by atoms with van der Waals surface area (Å²) in [5.41, 5.74) is 1.20. The third-order valence-electron chi connectivity index (χ3n) is 3.78. The fourth-order valence-electron chi connectivity index (χ4n) is 2.43. The molecule has 1 aromatic rings. The van der Waals surface area contributed by atoms with Gasteiger partial charge in [0, 0.05) is 32.7 Å². The summed E-state index contributed by atoms with van der Waals surface area (Å²) < 4.78 is 66.8. The quantitative estimate of drug-likeness (QED) is 0.740. The molecule has 1 aliphatic rings. The van der Waals surface area contributed by atoms with E-state index in [-0.39, 0.29) is 4.90 Å². The number of hydrogen-bond acceptors (Lipinski definition) is 4. The average molecular weight is 378 g/mol. The second kappa shape index (κ2) is 7.76. The summed E-state index contributed by atoms with van der Waals surface area (Å²) in [4.78, 5) is 2.11. The fourth-order valence-corrected chi connectivity index (χ4v) is 3.85. The van der Waals surface area contributed by atoms with Gasteiger partial charge in [-0.3, -0.25) is 4.90 Å². The standard InChI is InChI=1S/C16H21F3N2O3S/c1-13(2)7-8-20-9-11-21(12-10-20)25(22,23)15-5-3-14(4-6-15)24-16(17,18)19/h3-7H,8-12H2,1-2H3. The van der Waals surface area contributed by atoms with E-state index >= 15 is 0 Å². The molecule has 140 valence electrons. The van der Waals surface area contributed by atoms with Crippen molar-refractivity contribution in [3.8, 4) is 5.75 Å². The minimum atomic E-state index is -4.80. The molecule has 0 atom stereocenters. The molecule has 0 spiro atoms. The molecule has 0 unspecified atom stereocenters. The van der Waals surface area contributed by atoms with E-state index in [2.05, 4.69) is 15.7 Å². The van der Waals surface area contributed by atoms with Gasteiger partial charge in [0.25, 0.3) is 0 Å². The Hall–Kier alpha value is -1.58. The molecule has 2 rings (SSSR count). The summed E-state index contributed by atoms with van der Waals surface area (Å²) in [5, 5.41) is 0. The Morgan fingerprint density at radius 3 is 2.16 bits per heavy atom. The van der Waals surface area contributed by atoms with E-state index in [4.69, 9.17) is 0 Å². The minimum Gasteiger partial charge on any atom is -0.406 e. The summed E-state index contributed by atoms with van der Waals surface area (Å²) in [7, 11) is -3.72. The number of ether oxygens (including phenoxy) is 1. The number of alkyl halides is 3. The van der Waals surface area contributed by atoms with Gasteiger partial charge in [-0.1, -0.05) is 11.6 Å². The van der Waals surface area contributed by atoms with Crippen LogP contribution in [0.4, 0.5) is 13.2 Å². The van der Waals surface area contributed by atoms with Crippen LogP contribution in [0, 0.1) is 0 Å². The molecule has 1 fully saturated rings. The molecular weight excluding hydrogens is 357 g/mol. The zero-order chi connectivity index (χ0) is 18.7. The average Bonchev–Trinajstić information content (AvgIpc) is 2.52. The van der Waals surface area contributed by atoms with Crippen LogP contribution in [0.25, 0.3) is 0 Å². The predicted octanol–water partition coefficient (Wildman–Crippen LogP) is 2.86. The summed E-state index contributed by atoms with van der Waals surface area (Å²) >= 11 is 0. The second-order valence-corrected chi connectivity index (χ2v) is 7.94. The van der Waals surface area contributed by atoms with Crippen molar-refractivity contribution in [3.05, 3.63) is 35.9 Å². The normalized spacial score (nSPS) is 17.3. The number of allylic oxidation sites excluding steroid dienone is 1. The Balaban J connectivity index is 2.01. The van der Waals surface area contributed by atoms with Crippen molar-refractivity contribution < 1.29 is 26.3 Å². The van der Waals surface area contributed by atoms with Gasteiger partial charge in [-0.15, -0.1) is 13.2 Å². The van der Waals surface area contributed by atoms with Crippen LogP contribution in [0.15, 0.2) is 40.8 Å². The summed E-state index contributed by atoms with van der Waals surface area (Å²) in [6.45, 7) is 6.70. The zero-order valence-corrected chi connectivity index (χ0v) is 14.9. The molecule has 25 heavy (non-hydrogen) atoms. The topological polar surface area (TPSA) is 49.9 Å². The Labute approximate surface area is 145 Å². The van der Waals surface area contributed by atoms with Crippen molar-refractivity contribution in [2.75, 3.05) is 32.7 Å². The highest BCUT2D eigenvalue weighted by molar-refractivity contribution is 7.89. The van der Waals surface area contributed by atoms with Crippen molar-refractivity contribution in [2.24, 2.45) is 0 Å². The molecule has 9 heteroatoms. The van der Waals surface area contributed by atoms with Gasteiger partial charge in [0.2, 0.25) is 10.0 Å². The third-order valence-corrected chi connectivity index (χ3v) is 5.70. The maximum absolute atomic E-state index is 12.6. The molecular formula is C16H21F3N2O3S. The van der Waals surface area contributed by atoms with Crippen LogP contribution in [0.5, 0.6) is 5.75 Å². The van der Waals surface area contributed by atoms with Crippen molar-refractivity contribution in [1.82, 2.24) is 9.21 Å². The van der Waals surface area contributed by atoms with Gasteiger partial charge in [0.15, 0.2) is 0 Å². The van der Waals surface area contributed by atoms with Crippen LogP contribution in [-0.4, -0.2) is 56.7 Å². The highest BCUT2D eigenvalue weighted by Crippen LogP contribution is 2.25. The summed E-state index contributed by atoms with van der Waals surface area (Å²) in [5.74, 6) is -0.446. The van der Waals surface area contributed by atoms with E-state index in [0.717, 1.165) is 30.8 Å². The first-order valence-corrected chi connectivity index (χ1v) is 9.23. The van der Waals surface area contributed by atoms with Crippen molar-refractivity contribution in [2.45, 2.75) is 25.1 Å². The van der Waals surface area contributed by atoms with Gasteiger partial charge in [0.05, 0.1) is 4.90 Å². The van der Waals surface area contributed by atoms with E-state index in [9.17, 15) is 21.6 Å². The van der Waals surface area contributed by atoms with Crippen molar-refractivity contribution in [1.29, 1.82) is 0 Å². The Bertz CT molecular complexity index is 703. The molecule has 1 heterocycles. The highest BCUT2D eigenvalue weighted by atomic mass is 32.2.